The second-order valence-corrected chi connectivity index (χ2v) is 7.92. The van der Waals surface area contributed by atoms with Crippen LogP contribution in [0.25, 0.3) is 0 Å². The van der Waals surface area contributed by atoms with E-state index in [0.29, 0.717) is 16.7 Å². The van der Waals surface area contributed by atoms with Gasteiger partial charge in [-0.2, -0.15) is 0 Å². The number of hydrogen-bond acceptors (Lipinski definition) is 5. The van der Waals surface area contributed by atoms with Crippen molar-refractivity contribution in [2.45, 2.75) is 19.4 Å². The Morgan fingerprint density at radius 2 is 1.83 bits per heavy atom. The van der Waals surface area contributed by atoms with Gasteiger partial charge in [-0.15, -0.1) is 0 Å². The highest BCUT2D eigenvalue weighted by atomic mass is 35.5. The van der Waals surface area contributed by atoms with Gasteiger partial charge in [0, 0.05) is 42.6 Å². The largest absolute Gasteiger partial charge is 0.368 e. The van der Waals surface area contributed by atoms with Crippen molar-refractivity contribution < 1.29 is 9.59 Å². The number of nitrogens with zero attached hydrogens (tertiary/aromatic N) is 3. The molecule has 4 rings (SSSR count). The van der Waals surface area contributed by atoms with E-state index in [9.17, 15) is 9.59 Å². The molecule has 30 heavy (non-hydrogen) atoms. The van der Waals surface area contributed by atoms with E-state index in [2.05, 4.69) is 37.6 Å². The average molecular weight is 426 g/mol. The molecule has 0 aromatic heterocycles. The number of amides is 2. The van der Waals surface area contributed by atoms with Crippen LogP contribution in [-0.2, 0) is 9.59 Å². The number of carbonyl (C=O) groups excluding carboxylic acids is 2. The molecular formula is C22H24ClN5O2. The molecule has 2 heterocycles. The molecule has 0 saturated carbocycles. The molecule has 1 fully saturated rings. The van der Waals surface area contributed by atoms with Crippen molar-refractivity contribution in [2.24, 2.45) is 4.99 Å². The molecule has 1 unspecified atom stereocenters. The van der Waals surface area contributed by atoms with Gasteiger partial charge in [0.05, 0.1) is 6.42 Å². The lowest BCUT2D eigenvalue weighted by Crippen LogP contribution is -2.52. The van der Waals surface area contributed by atoms with E-state index >= 15 is 0 Å². The van der Waals surface area contributed by atoms with Crippen LogP contribution in [0.5, 0.6) is 0 Å². The topological polar surface area (TPSA) is 77.0 Å². The van der Waals surface area contributed by atoms with E-state index < -0.39 is 6.04 Å². The van der Waals surface area contributed by atoms with Crippen LogP contribution in [0.3, 0.4) is 0 Å². The summed E-state index contributed by atoms with van der Waals surface area (Å²) in [6, 6.07) is 14.8. The van der Waals surface area contributed by atoms with Gasteiger partial charge >= 0.3 is 0 Å². The molecule has 2 aliphatic heterocycles. The van der Waals surface area contributed by atoms with Gasteiger partial charge in [0.2, 0.25) is 11.9 Å². The predicted octanol–water partition coefficient (Wildman–Crippen LogP) is 2.65. The second-order valence-electron chi connectivity index (χ2n) is 7.48. The fourth-order valence-corrected chi connectivity index (χ4v) is 3.92. The van der Waals surface area contributed by atoms with Crippen LogP contribution in [-0.4, -0.2) is 54.9 Å². The Balaban J connectivity index is 1.33. The van der Waals surface area contributed by atoms with Gasteiger partial charge in [0.25, 0.3) is 5.91 Å². The maximum absolute atomic E-state index is 12.4. The number of benzene rings is 2. The highest BCUT2D eigenvalue weighted by Gasteiger charge is 2.32. The third-order valence-corrected chi connectivity index (χ3v) is 5.59. The predicted molar refractivity (Wildman–Crippen MR) is 119 cm³/mol. The molecule has 2 amide bonds. The molecule has 0 spiro atoms. The quantitative estimate of drug-likeness (QED) is 0.789. The van der Waals surface area contributed by atoms with Crippen molar-refractivity contribution in [3.05, 3.63) is 59.1 Å². The van der Waals surface area contributed by atoms with E-state index in [0.717, 1.165) is 31.7 Å². The number of aryl methyl sites for hydroxylation is 1. The summed E-state index contributed by atoms with van der Waals surface area (Å²) in [6.45, 7) is 5.09. The van der Waals surface area contributed by atoms with Crippen molar-refractivity contribution in [3.8, 4) is 0 Å². The molecule has 1 saturated heterocycles. The van der Waals surface area contributed by atoms with Crippen LogP contribution in [0.15, 0.2) is 53.5 Å². The lowest BCUT2D eigenvalue weighted by molar-refractivity contribution is -0.123. The number of nitrogens with one attached hydrogen (secondary N) is 2. The van der Waals surface area contributed by atoms with Gasteiger partial charge in [-0.25, -0.2) is 4.99 Å². The van der Waals surface area contributed by atoms with Crippen LogP contribution < -0.4 is 15.5 Å². The molecule has 7 nitrogen and oxygen atoms in total. The molecule has 2 aromatic rings. The Morgan fingerprint density at radius 3 is 2.53 bits per heavy atom. The van der Waals surface area contributed by atoms with E-state index in [-0.39, 0.29) is 18.2 Å². The number of halogens is 1. The third-order valence-electron chi connectivity index (χ3n) is 5.36. The minimum absolute atomic E-state index is 0.00137. The zero-order valence-electron chi connectivity index (χ0n) is 16.8. The number of hydrogen-bond donors (Lipinski definition) is 2. The van der Waals surface area contributed by atoms with Crippen molar-refractivity contribution in [1.82, 2.24) is 10.2 Å². The molecular weight excluding hydrogens is 402 g/mol. The van der Waals surface area contributed by atoms with Crippen LogP contribution >= 0.6 is 11.6 Å². The molecule has 8 heteroatoms. The molecule has 2 N–H and O–H groups in total. The average Bonchev–Trinajstić information content (AvgIpc) is 3.11. The minimum atomic E-state index is -0.709. The first-order chi connectivity index (χ1) is 14.5. The van der Waals surface area contributed by atoms with Gasteiger partial charge < -0.3 is 15.1 Å². The zero-order valence-corrected chi connectivity index (χ0v) is 17.5. The Bertz CT molecular complexity index is 971. The molecule has 0 radical (unpaired) electrons. The standard InChI is InChI=1S/C22H24ClN5O2/c1-15-13-16(23)7-8-18(15)24-20(29)14-19-21(30)26-22(25-19)28-11-9-27(10-12-28)17-5-3-2-4-6-17/h2-8,13,19H,9-12,14H2,1H3,(H,24,29)(H,25,26,30). The van der Waals surface area contributed by atoms with Crippen LogP contribution in [0.1, 0.15) is 12.0 Å². The number of guanidine groups is 1. The SMILES string of the molecule is Cc1cc(Cl)ccc1NC(=O)CC1N=C(N2CCN(c3ccccc3)CC2)NC1=O. The summed E-state index contributed by atoms with van der Waals surface area (Å²) in [5, 5.41) is 6.29. The molecule has 0 bridgehead atoms. The number of para-hydroxylation sites is 1. The Hall–Kier alpha value is -3.06. The molecule has 2 aromatic carbocycles. The number of carbonyl (C=O) groups is 2. The first-order valence-electron chi connectivity index (χ1n) is 9.99. The number of rotatable bonds is 4. The normalized spacial score (nSPS) is 18.8. The first kappa shape index (κ1) is 20.2. The summed E-state index contributed by atoms with van der Waals surface area (Å²) in [7, 11) is 0. The Kier molecular flexibility index (Phi) is 5.90. The third kappa shape index (κ3) is 4.57. The van der Waals surface area contributed by atoms with Gasteiger partial charge in [0.1, 0.15) is 6.04 Å². The molecule has 0 aliphatic carbocycles. The highest BCUT2D eigenvalue weighted by Crippen LogP contribution is 2.21. The smallest absolute Gasteiger partial charge is 0.252 e. The molecule has 156 valence electrons. The zero-order chi connectivity index (χ0) is 21.1. The summed E-state index contributed by atoms with van der Waals surface area (Å²) < 4.78 is 0. The van der Waals surface area contributed by atoms with Crippen molar-refractivity contribution in [2.75, 3.05) is 36.4 Å². The van der Waals surface area contributed by atoms with Crippen molar-refractivity contribution >= 4 is 40.7 Å². The van der Waals surface area contributed by atoms with Gasteiger partial charge in [0.15, 0.2) is 0 Å². The molecule has 2 aliphatic rings. The summed E-state index contributed by atoms with van der Waals surface area (Å²) >= 11 is 5.95. The highest BCUT2D eigenvalue weighted by molar-refractivity contribution is 6.30. The number of piperazine rings is 1. The summed E-state index contributed by atoms with van der Waals surface area (Å²) in [4.78, 5) is 33.6. The molecule has 1 atom stereocenters. The number of aliphatic imine (C=N–C) groups is 1. The summed E-state index contributed by atoms with van der Waals surface area (Å²) in [5.41, 5.74) is 2.75. The lowest BCUT2D eigenvalue weighted by atomic mass is 10.1. The minimum Gasteiger partial charge on any atom is -0.368 e. The van der Waals surface area contributed by atoms with Crippen molar-refractivity contribution in [1.29, 1.82) is 0 Å². The number of anilines is 2. The monoisotopic (exact) mass is 425 g/mol. The van der Waals surface area contributed by atoms with Crippen molar-refractivity contribution in [3.63, 3.8) is 0 Å². The van der Waals surface area contributed by atoms with Gasteiger partial charge in [-0.3, -0.25) is 14.9 Å². The maximum Gasteiger partial charge on any atom is 0.252 e. The summed E-state index contributed by atoms with van der Waals surface area (Å²) in [6.07, 6.45) is 0.00137. The summed E-state index contributed by atoms with van der Waals surface area (Å²) in [5.74, 6) is 0.0751. The fraction of sp³-hybridized carbons (Fsp3) is 0.318. The van der Waals surface area contributed by atoms with E-state index in [1.54, 1.807) is 18.2 Å². The van der Waals surface area contributed by atoms with Crippen LogP contribution in [0.4, 0.5) is 11.4 Å². The van der Waals surface area contributed by atoms with Crippen LogP contribution in [0.2, 0.25) is 5.02 Å². The van der Waals surface area contributed by atoms with E-state index in [4.69, 9.17) is 11.6 Å². The van der Waals surface area contributed by atoms with Gasteiger partial charge in [-0.1, -0.05) is 29.8 Å². The van der Waals surface area contributed by atoms with Gasteiger partial charge in [-0.05, 0) is 42.8 Å². The second kappa shape index (κ2) is 8.75. The fourth-order valence-electron chi connectivity index (χ4n) is 3.69. The lowest BCUT2D eigenvalue weighted by Gasteiger charge is -2.36. The Labute approximate surface area is 180 Å². The van der Waals surface area contributed by atoms with E-state index in [1.165, 1.54) is 5.69 Å². The maximum atomic E-state index is 12.4. The van der Waals surface area contributed by atoms with E-state index in [1.807, 2.05) is 25.1 Å². The van der Waals surface area contributed by atoms with Crippen LogP contribution in [0, 0.1) is 6.92 Å². The first-order valence-corrected chi connectivity index (χ1v) is 10.4. The Morgan fingerprint density at radius 1 is 1.13 bits per heavy atom.